The quantitative estimate of drug-likeness (QED) is 0.551. The van der Waals surface area contributed by atoms with Crippen LogP contribution in [-0.2, 0) is 10.0 Å². The first-order valence-electron chi connectivity index (χ1n) is 8.86. The Bertz CT molecular complexity index is 1370. The van der Waals surface area contributed by atoms with Crippen molar-refractivity contribution in [3.8, 4) is 11.3 Å². The zero-order valence-corrected chi connectivity index (χ0v) is 16.1. The zero-order valence-electron chi connectivity index (χ0n) is 15.3. The normalized spacial score (nSPS) is 11.9. The van der Waals surface area contributed by atoms with E-state index in [1.165, 1.54) is 12.1 Å². The predicted molar refractivity (Wildman–Crippen MR) is 115 cm³/mol. The smallest absolute Gasteiger partial charge is 0.238 e. The van der Waals surface area contributed by atoms with Gasteiger partial charge in [0.1, 0.15) is 11.3 Å². The van der Waals surface area contributed by atoms with Crippen molar-refractivity contribution in [3.05, 3.63) is 100 Å². The number of para-hydroxylation sites is 1. The van der Waals surface area contributed by atoms with Crippen LogP contribution in [0.1, 0.15) is 11.1 Å². The summed E-state index contributed by atoms with van der Waals surface area (Å²) in [5.41, 5.74) is 2.20. The highest BCUT2D eigenvalue weighted by molar-refractivity contribution is 7.89. The number of nitrogens with two attached hydrogens (primary N) is 1. The van der Waals surface area contributed by atoms with Gasteiger partial charge in [0.15, 0.2) is 0 Å². The van der Waals surface area contributed by atoms with Gasteiger partial charge in [0.2, 0.25) is 15.5 Å². The molecule has 0 aliphatic carbocycles. The van der Waals surface area contributed by atoms with E-state index in [0.29, 0.717) is 27.9 Å². The highest BCUT2D eigenvalue weighted by atomic mass is 32.2. The summed E-state index contributed by atoms with van der Waals surface area (Å²) >= 11 is 0. The Balaban J connectivity index is 1.92. The molecule has 6 heteroatoms. The van der Waals surface area contributed by atoms with Gasteiger partial charge in [0, 0.05) is 5.56 Å². The molecule has 0 radical (unpaired) electrons. The van der Waals surface area contributed by atoms with Crippen LogP contribution in [0.4, 0.5) is 0 Å². The second kappa shape index (κ2) is 7.50. The monoisotopic (exact) mass is 403 g/mol. The van der Waals surface area contributed by atoms with Gasteiger partial charge in [0.25, 0.3) is 0 Å². The van der Waals surface area contributed by atoms with E-state index < -0.39 is 10.0 Å². The highest BCUT2D eigenvalue weighted by Gasteiger charge is 2.15. The molecule has 0 saturated heterocycles. The SMILES string of the molecule is NS(=O)(=O)c1ccc(-c2oc3ccccc3c(=O)c2C=Cc2ccccc2)cc1. The lowest BCUT2D eigenvalue weighted by Gasteiger charge is -2.08. The lowest BCUT2D eigenvalue weighted by atomic mass is 10.0. The maximum Gasteiger partial charge on any atom is 0.238 e. The van der Waals surface area contributed by atoms with Crippen molar-refractivity contribution in [3.63, 3.8) is 0 Å². The van der Waals surface area contributed by atoms with Crippen LogP contribution in [0, 0.1) is 0 Å². The Labute approximate surface area is 167 Å². The van der Waals surface area contributed by atoms with Gasteiger partial charge in [-0.3, -0.25) is 4.79 Å². The molecule has 1 heterocycles. The molecule has 0 aliphatic heterocycles. The van der Waals surface area contributed by atoms with E-state index in [9.17, 15) is 13.2 Å². The van der Waals surface area contributed by atoms with Crippen molar-refractivity contribution in [1.29, 1.82) is 0 Å². The van der Waals surface area contributed by atoms with E-state index >= 15 is 0 Å². The van der Waals surface area contributed by atoms with Crippen LogP contribution >= 0.6 is 0 Å². The van der Waals surface area contributed by atoms with Crippen LogP contribution in [0.25, 0.3) is 34.4 Å². The van der Waals surface area contributed by atoms with E-state index in [2.05, 4.69) is 0 Å². The molecule has 0 spiro atoms. The molecule has 4 aromatic rings. The molecule has 0 amide bonds. The predicted octanol–water partition coefficient (Wildman–Crippen LogP) is 4.28. The summed E-state index contributed by atoms with van der Waals surface area (Å²) in [5, 5.41) is 5.65. The summed E-state index contributed by atoms with van der Waals surface area (Å²) in [6, 6.07) is 22.6. The number of hydrogen-bond donors (Lipinski definition) is 1. The van der Waals surface area contributed by atoms with Crippen LogP contribution in [0.5, 0.6) is 0 Å². The number of sulfonamides is 1. The lowest BCUT2D eigenvalue weighted by Crippen LogP contribution is -2.12. The number of hydrogen-bond acceptors (Lipinski definition) is 4. The van der Waals surface area contributed by atoms with Crippen molar-refractivity contribution < 1.29 is 12.8 Å². The van der Waals surface area contributed by atoms with Gasteiger partial charge in [-0.05, 0) is 48.0 Å². The summed E-state index contributed by atoms with van der Waals surface area (Å²) in [4.78, 5) is 13.1. The Hall–Kier alpha value is -3.48. The Morgan fingerprint density at radius 2 is 1.45 bits per heavy atom. The summed E-state index contributed by atoms with van der Waals surface area (Å²) in [6.45, 7) is 0. The molecule has 5 nitrogen and oxygen atoms in total. The molecular weight excluding hydrogens is 386 g/mol. The standard InChI is InChI=1S/C23H17NO4S/c24-29(26,27)18-13-11-17(12-14-18)23-20(15-10-16-6-2-1-3-7-16)22(25)19-8-4-5-9-21(19)28-23/h1-15H,(H2,24,26,27). The third-order valence-corrected chi connectivity index (χ3v) is 5.45. The van der Waals surface area contributed by atoms with E-state index in [4.69, 9.17) is 9.56 Å². The topological polar surface area (TPSA) is 90.4 Å². The first-order valence-corrected chi connectivity index (χ1v) is 10.4. The van der Waals surface area contributed by atoms with E-state index in [1.54, 1.807) is 42.5 Å². The van der Waals surface area contributed by atoms with Gasteiger partial charge in [-0.15, -0.1) is 0 Å². The second-order valence-corrected chi connectivity index (χ2v) is 8.04. The summed E-state index contributed by atoms with van der Waals surface area (Å²) < 4.78 is 29.1. The molecular formula is C23H17NO4S. The van der Waals surface area contributed by atoms with Crippen molar-refractivity contribution >= 4 is 33.1 Å². The zero-order chi connectivity index (χ0) is 20.4. The second-order valence-electron chi connectivity index (χ2n) is 6.48. The third-order valence-electron chi connectivity index (χ3n) is 4.52. The van der Waals surface area contributed by atoms with Crippen molar-refractivity contribution in [2.75, 3.05) is 0 Å². The highest BCUT2D eigenvalue weighted by Crippen LogP contribution is 2.28. The van der Waals surface area contributed by atoms with E-state index in [-0.39, 0.29) is 10.3 Å². The molecule has 0 saturated carbocycles. The fourth-order valence-electron chi connectivity index (χ4n) is 3.06. The average Bonchev–Trinajstić information content (AvgIpc) is 2.73. The van der Waals surface area contributed by atoms with Crippen LogP contribution in [0.2, 0.25) is 0 Å². The van der Waals surface area contributed by atoms with Crippen LogP contribution in [0.15, 0.2) is 93.0 Å². The number of benzene rings is 3. The molecule has 0 aliphatic rings. The summed E-state index contributed by atoms with van der Waals surface area (Å²) in [7, 11) is -3.81. The van der Waals surface area contributed by atoms with Crippen molar-refractivity contribution in [2.24, 2.45) is 5.14 Å². The van der Waals surface area contributed by atoms with Crippen LogP contribution in [0.3, 0.4) is 0 Å². The van der Waals surface area contributed by atoms with Gasteiger partial charge in [-0.25, -0.2) is 13.6 Å². The summed E-state index contributed by atoms with van der Waals surface area (Å²) in [6.07, 6.45) is 3.56. The molecule has 144 valence electrons. The molecule has 3 aromatic carbocycles. The maximum absolute atomic E-state index is 13.1. The molecule has 0 unspecified atom stereocenters. The van der Waals surface area contributed by atoms with E-state index in [1.807, 2.05) is 36.4 Å². The van der Waals surface area contributed by atoms with Crippen LogP contribution in [-0.4, -0.2) is 8.42 Å². The largest absolute Gasteiger partial charge is 0.455 e. The first kappa shape index (κ1) is 18.9. The summed E-state index contributed by atoms with van der Waals surface area (Å²) in [5.74, 6) is 0.363. The molecule has 0 fully saturated rings. The minimum absolute atomic E-state index is 0.00855. The molecule has 29 heavy (non-hydrogen) atoms. The van der Waals surface area contributed by atoms with Gasteiger partial charge >= 0.3 is 0 Å². The van der Waals surface area contributed by atoms with E-state index in [0.717, 1.165) is 5.56 Å². The van der Waals surface area contributed by atoms with Gasteiger partial charge in [0.05, 0.1) is 15.8 Å². The minimum atomic E-state index is -3.81. The van der Waals surface area contributed by atoms with Gasteiger partial charge in [-0.2, -0.15) is 0 Å². The van der Waals surface area contributed by atoms with Crippen molar-refractivity contribution in [2.45, 2.75) is 4.90 Å². The third kappa shape index (κ3) is 3.89. The average molecular weight is 403 g/mol. The molecule has 0 atom stereocenters. The fraction of sp³-hybridized carbons (Fsp3) is 0. The maximum atomic E-state index is 13.1. The van der Waals surface area contributed by atoms with Crippen molar-refractivity contribution in [1.82, 2.24) is 0 Å². The molecule has 4 rings (SSSR count). The fourth-order valence-corrected chi connectivity index (χ4v) is 3.58. The number of fused-ring (bicyclic) bond motifs is 1. The Morgan fingerprint density at radius 3 is 2.14 bits per heavy atom. The molecule has 1 aromatic heterocycles. The molecule has 2 N–H and O–H groups in total. The van der Waals surface area contributed by atoms with Gasteiger partial charge < -0.3 is 4.42 Å². The number of primary sulfonamides is 1. The number of rotatable bonds is 4. The molecule has 0 bridgehead atoms. The lowest BCUT2D eigenvalue weighted by molar-refractivity contribution is 0.597. The van der Waals surface area contributed by atoms with Gasteiger partial charge in [-0.1, -0.05) is 48.5 Å². The van der Waals surface area contributed by atoms with Crippen LogP contribution < -0.4 is 10.6 Å². The minimum Gasteiger partial charge on any atom is -0.455 e. The first-order chi connectivity index (χ1) is 13.9. The Morgan fingerprint density at radius 1 is 0.793 bits per heavy atom. The Kier molecular flexibility index (Phi) is 4.88.